The molecule has 3 heterocycles. The first-order valence-corrected chi connectivity index (χ1v) is 9.86. The summed E-state index contributed by atoms with van der Waals surface area (Å²) in [7, 11) is 1.97. The smallest absolute Gasteiger partial charge is 0.272 e. The summed E-state index contributed by atoms with van der Waals surface area (Å²) in [6.45, 7) is 1.33. The van der Waals surface area contributed by atoms with Crippen LogP contribution in [0.5, 0.6) is 0 Å². The Hall–Kier alpha value is -3.81. The molecule has 0 aliphatic carbocycles. The first-order chi connectivity index (χ1) is 14.6. The zero-order chi connectivity index (χ0) is 20.7. The van der Waals surface area contributed by atoms with Crippen molar-refractivity contribution in [2.24, 2.45) is 0 Å². The van der Waals surface area contributed by atoms with Gasteiger partial charge in [-0.25, -0.2) is 15.1 Å². The monoisotopic (exact) mass is 400 g/mol. The van der Waals surface area contributed by atoms with Crippen LogP contribution < -0.4 is 15.4 Å². The van der Waals surface area contributed by atoms with E-state index in [1.807, 2.05) is 48.3 Å². The SMILES string of the molecule is CN1CCCN(C(=O)Cc2n[nH]c(=O)c3ccccc23)c2nc3ccccc3nc21. The molecule has 0 saturated carbocycles. The fourth-order valence-corrected chi connectivity index (χ4v) is 3.88. The summed E-state index contributed by atoms with van der Waals surface area (Å²) in [5.41, 5.74) is 1.83. The van der Waals surface area contributed by atoms with Gasteiger partial charge in [-0.15, -0.1) is 0 Å². The maximum atomic E-state index is 13.4. The van der Waals surface area contributed by atoms with E-state index in [4.69, 9.17) is 9.97 Å². The number of aromatic amines is 1. The Kier molecular flexibility index (Phi) is 4.39. The zero-order valence-corrected chi connectivity index (χ0v) is 16.5. The Morgan fingerprint density at radius 2 is 1.63 bits per heavy atom. The van der Waals surface area contributed by atoms with Crippen molar-refractivity contribution >= 4 is 39.3 Å². The van der Waals surface area contributed by atoms with Crippen molar-refractivity contribution < 1.29 is 4.79 Å². The molecule has 0 atom stereocenters. The van der Waals surface area contributed by atoms with E-state index in [1.165, 1.54) is 0 Å². The predicted octanol–water partition coefficient (Wildman–Crippen LogP) is 2.28. The van der Waals surface area contributed by atoms with Gasteiger partial charge in [0.05, 0.1) is 28.5 Å². The lowest BCUT2D eigenvalue weighted by Gasteiger charge is -2.23. The van der Waals surface area contributed by atoms with Crippen LogP contribution in [0.15, 0.2) is 53.3 Å². The Labute approximate surface area is 172 Å². The van der Waals surface area contributed by atoms with E-state index in [1.54, 1.807) is 17.0 Å². The molecule has 2 aromatic carbocycles. The number of nitrogens with one attached hydrogen (secondary N) is 1. The van der Waals surface area contributed by atoms with Gasteiger partial charge < -0.3 is 4.90 Å². The second-order valence-electron chi connectivity index (χ2n) is 7.40. The third kappa shape index (κ3) is 3.06. The Bertz CT molecular complexity index is 1330. The van der Waals surface area contributed by atoms with Crippen LogP contribution in [0.4, 0.5) is 11.6 Å². The van der Waals surface area contributed by atoms with E-state index in [0.717, 1.165) is 24.0 Å². The lowest BCUT2D eigenvalue weighted by molar-refractivity contribution is -0.118. The van der Waals surface area contributed by atoms with E-state index in [-0.39, 0.29) is 17.9 Å². The van der Waals surface area contributed by atoms with Crippen LogP contribution in [0, 0.1) is 0 Å². The number of carbonyl (C=O) groups is 1. The normalized spacial score (nSPS) is 14.0. The number of fused-ring (bicyclic) bond motifs is 3. The van der Waals surface area contributed by atoms with Gasteiger partial charge >= 0.3 is 0 Å². The maximum absolute atomic E-state index is 13.4. The molecule has 1 amide bonds. The van der Waals surface area contributed by atoms with E-state index in [9.17, 15) is 9.59 Å². The summed E-state index contributed by atoms with van der Waals surface area (Å²) in [6, 6.07) is 14.8. The van der Waals surface area contributed by atoms with Gasteiger partial charge in [0, 0.05) is 25.5 Å². The predicted molar refractivity (Wildman–Crippen MR) is 116 cm³/mol. The van der Waals surface area contributed by atoms with Gasteiger partial charge in [-0.3, -0.25) is 14.5 Å². The molecule has 30 heavy (non-hydrogen) atoms. The molecule has 0 radical (unpaired) electrons. The molecule has 150 valence electrons. The fraction of sp³-hybridized carbons (Fsp3) is 0.227. The number of anilines is 2. The highest BCUT2D eigenvalue weighted by molar-refractivity contribution is 5.99. The highest BCUT2D eigenvalue weighted by Gasteiger charge is 2.27. The van der Waals surface area contributed by atoms with Crippen LogP contribution in [0.1, 0.15) is 12.1 Å². The molecule has 0 fully saturated rings. The van der Waals surface area contributed by atoms with E-state index in [2.05, 4.69) is 10.2 Å². The quantitative estimate of drug-likeness (QED) is 0.555. The van der Waals surface area contributed by atoms with Crippen LogP contribution in [-0.2, 0) is 11.2 Å². The van der Waals surface area contributed by atoms with E-state index in [0.29, 0.717) is 34.6 Å². The molecule has 0 bridgehead atoms. The van der Waals surface area contributed by atoms with Crippen molar-refractivity contribution in [3.63, 3.8) is 0 Å². The summed E-state index contributed by atoms with van der Waals surface area (Å²) in [4.78, 5) is 38.7. The van der Waals surface area contributed by atoms with Crippen LogP contribution >= 0.6 is 0 Å². The first-order valence-electron chi connectivity index (χ1n) is 9.86. The van der Waals surface area contributed by atoms with Gasteiger partial charge in [0.2, 0.25) is 5.91 Å². The first kappa shape index (κ1) is 18.2. The minimum absolute atomic E-state index is 0.0644. The average molecular weight is 400 g/mol. The number of para-hydroxylation sites is 2. The van der Waals surface area contributed by atoms with Crippen molar-refractivity contribution in [2.75, 3.05) is 29.9 Å². The Morgan fingerprint density at radius 1 is 0.967 bits per heavy atom. The fourth-order valence-electron chi connectivity index (χ4n) is 3.88. The van der Waals surface area contributed by atoms with Gasteiger partial charge in [0.1, 0.15) is 0 Å². The third-order valence-corrected chi connectivity index (χ3v) is 5.42. The standard InChI is InChI=1S/C22H20N6O2/c1-27-11-6-12-28(21-20(27)23-16-9-4-5-10-17(16)24-21)19(29)13-18-14-7-2-3-8-15(14)22(30)26-25-18/h2-5,7-10H,6,11-13H2,1H3,(H,26,30). The molecule has 5 rings (SSSR count). The molecule has 0 spiro atoms. The molecule has 1 N–H and O–H groups in total. The number of rotatable bonds is 2. The van der Waals surface area contributed by atoms with Crippen LogP contribution in [-0.4, -0.2) is 46.2 Å². The maximum Gasteiger partial charge on any atom is 0.272 e. The number of amides is 1. The summed E-state index contributed by atoms with van der Waals surface area (Å²) in [5.74, 6) is 1.13. The number of aromatic nitrogens is 4. The lowest BCUT2D eigenvalue weighted by Crippen LogP contribution is -2.34. The van der Waals surface area contributed by atoms with Gasteiger partial charge in [-0.2, -0.15) is 5.10 Å². The highest BCUT2D eigenvalue weighted by atomic mass is 16.2. The van der Waals surface area contributed by atoms with Crippen molar-refractivity contribution in [3.05, 3.63) is 64.6 Å². The Balaban J connectivity index is 1.57. The van der Waals surface area contributed by atoms with Crippen molar-refractivity contribution in [3.8, 4) is 0 Å². The molecular formula is C22H20N6O2. The van der Waals surface area contributed by atoms with Gasteiger partial charge in [0.25, 0.3) is 5.56 Å². The number of benzene rings is 2. The molecule has 1 aliphatic rings. The highest BCUT2D eigenvalue weighted by Crippen LogP contribution is 2.30. The van der Waals surface area contributed by atoms with Gasteiger partial charge in [-0.1, -0.05) is 30.3 Å². The van der Waals surface area contributed by atoms with E-state index < -0.39 is 0 Å². The van der Waals surface area contributed by atoms with Crippen molar-refractivity contribution in [2.45, 2.75) is 12.8 Å². The zero-order valence-electron chi connectivity index (χ0n) is 16.5. The number of carbonyl (C=O) groups excluding carboxylic acids is 1. The molecule has 4 aromatic rings. The average Bonchev–Trinajstić information content (AvgIpc) is 2.93. The molecule has 0 unspecified atom stereocenters. The number of hydrogen-bond acceptors (Lipinski definition) is 6. The second kappa shape index (κ2) is 7.22. The molecule has 2 aromatic heterocycles. The van der Waals surface area contributed by atoms with Crippen LogP contribution in [0.25, 0.3) is 21.8 Å². The third-order valence-electron chi connectivity index (χ3n) is 5.42. The summed E-state index contributed by atoms with van der Waals surface area (Å²) >= 11 is 0. The summed E-state index contributed by atoms with van der Waals surface area (Å²) in [6.07, 6.45) is 0.866. The summed E-state index contributed by atoms with van der Waals surface area (Å²) < 4.78 is 0. The number of nitrogens with zero attached hydrogens (tertiary/aromatic N) is 5. The van der Waals surface area contributed by atoms with Crippen LogP contribution in [0.2, 0.25) is 0 Å². The lowest BCUT2D eigenvalue weighted by atomic mass is 10.1. The Morgan fingerprint density at radius 3 is 2.40 bits per heavy atom. The second-order valence-corrected chi connectivity index (χ2v) is 7.40. The molecular weight excluding hydrogens is 380 g/mol. The molecule has 8 nitrogen and oxygen atoms in total. The van der Waals surface area contributed by atoms with Crippen LogP contribution in [0.3, 0.4) is 0 Å². The minimum atomic E-state index is -0.263. The largest absolute Gasteiger partial charge is 0.357 e. The molecule has 1 aliphatic heterocycles. The van der Waals surface area contributed by atoms with Gasteiger partial charge in [-0.05, 0) is 24.6 Å². The van der Waals surface area contributed by atoms with E-state index >= 15 is 0 Å². The molecule has 8 heteroatoms. The topological polar surface area (TPSA) is 95.1 Å². The molecule has 0 saturated heterocycles. The van der Waals surface area contributed by atoms with Crippen molar-refractivity contribution in [1.29, 1.82) is 0 Å². The van der Waals surface area contributed by atoms with Crippen molar-refractivity contribution in [1.82, 2.24) is 20.2 Å². The van der Waals surface area contributed by atoms with Gasteiger partial charge in [0.15, 0.2) is 11.6 Å². The number of hydrogen-bond donors (Lipinski definition) is 1. The number of H-pyrrole nitrogens is 1. The summed E-state index contributed by atoms with van der Waals surface area (Å²) in [5, 5.41) is 7.87. The minimum Gasteiger partial charge on any atom is -0.357 e.